The summed E-state index contributed by atoms with van der Waals surface area (Å²) in [6, 6.07) is 9.89. The topological polar surface area (TPSA) is 74.0 Å². The molecule has 0 radical (unpaired) electrons. The standard InChI is InChI=1S/C20H22N4O2/c25-20(18-11-13-5-1-4-8-16(13)21-18)24-10-9-17-15(12-24)19(23-22-17)26-14-6-2-3-7-14/h1,4-5,8,11,14,21H,2-3,6-7,9-10,12H2,(H,22,23). The van der Waals surface area contributed by atoms with E-state index in [2.05, 4.69) is 15.2 Å². The van der Waals surface area contributed by atoms with Gasteiger partial charge in [-0.2, -0.15) is 0 Å². The van der Waals surface area contributed by atoms with Crippen molar-refractivity contribution in [3.8, 4) is 5.88 Å². The monoisotopic (exact) mass is 350 g/mol. The highest BCUT2D eigenvalue weighted by molar-refractivity contribution is 5.98. The second kappa shape index (κ2) is 6.20. The number of nitrogens with one attached hydrogen (secondary N) is 2. The smallest absolute Gasteiger partial charge is 0.270 e. The van der Waals surface area contributed by atoms with Gasteiger partial charge in [0.1, 0.15) is 11.8 Å². The van der Waals surface area contributed by atoms with Gasteiger partial charge < -0.3 is 14.6 Å². The fraction of sp³-hybridized carbons (Fsp3) is 0.400. The summed E-state index contributed by atoms with van der Waals surface area (Å²) >= 11 is 0. The lowest BCUT2D eigenvalue weighted by Gasteiger charge is -2.27. The van der Waals surface area contributed by atoms with E-state index >= 15 is 0 Å². The number of nitrogens with zero attached hydrogens (tertiary/aromatic N) is 2. The minimum atomic E-state index is 0.0277. The highest BCUT2D eigenvalue weighted by Crippen LogP contribution is 2.30. The summed E-state index contributed by atoms with van der Waals surface area (Å²) in [6.07, 6.45) is 5.69. The molecule has 3 aromatic rings. The first-order chi connectivity index (χ1) is 12.8. The molecule has 1 aliphatic heterocycles. The van der Waals surface area contributed by atoms with Crippen molar-refractivity contribution in [3.63, 3.8) is 0 Å². The third-order valence-electron chi connectivity index (χ3n) is 5.52. The van der Waals surface area contributed by atoms with E-state index in [9.17, 15) is 4.79 Å². The maximum atomic E-state index is 13.0. The van der Waals surface area contributed by atoms with Gasteiger partial charge in [-0.3, -0.25) is 9.89 Å². The third-order valence-corrected chi connectivity index (χ3v) is 5.52. The van der Waals surface area contributed by atoms with Crippen molar-refractivity contribution in [3.05, 3.63) is 47.3 Å². The van der Waals surface area contributed by atoms with Crippen LogP contribution in [0.15, 0.2) is 30.3 Å². The van der Waals surface area contributed by atoms with E-state index in [0.29, 0.717) is 24.7 Å². The van der Waals surface area contributed by atoms with Crippen molar-refractivity contribution < 1.29 is 9.53 Å². The van der Waals surface area contributed by atoms with Gasteiger partial charge in [0.05, 0.1) is 12.1 Å². The van der Waals surface area contributed by atoms with Crippen LogP contribution in [-0.4, -0.2) is 38.6 Å². The highest BCUT2D eigenvalue weighted by atomic mass is 16.5. The molecule has 2 aromatic heterocycles. The lowest BCUT2D eigenvalue weighted by molar-refractivity contribution is 0.0726. The zero-order valence-corrected chi connectivity index (χ0v) is 14.6. The predicted octanol–water partition coefficient (Wildman–Crippen LogP) is 3.41. The number of aromatic nitrogens is 3. The molecule has 6 heteroatoms. The first-order valence-electron chi connectivity index (χ1n) is 9.38. The van der Waals surface area contributed by atoms with E-state index in [-0.39, 0.29) is 12.0 Å². The minimum Gasteiger partial charge on any atom is -0.473 e. The van der Waals surface area contributed by atoms with Crippen molar-refractivity contribution in [2.24, 2.45) is 0 Å². The van der Waals surface area contributed by atoms with Crippen molar-refractivity contribution in [2.45, 2.75) is 44.8 Å². The molecule has 134 valence electrons. The Bertz CT molecular complexity index is 919. The molecule has 3 heterocycles. The quantitative estimate of drug-likeness (QED) is 0.760. The molecule has 0 atom stereocenters. The molecule has 26 heavy (non-hydrogen) atoms. The van der Waals surface area contributed by atoms with Crippen LogP contribution in [0.4, 0.5) is 0 Å². The lowest BCUT2D eigenvalue weighted by Crippen LogP contribution is -2.36. The molecule has 1 aliphatic carbocycles. The second-order valence-corrected chi connectivity index (χ2v) is 7.26. The largest absolute Gasteiger partial charge is 0.473 e. The van der Waals surface area contributed by atoms with Crippen molar-refractivity contribution in [2.75, 3.05) is 6.54 Å². The number of hydrogen-bond acceptors (Lipinski definition) is 3. The van der Waals surface area contributed by atoms with Crippen LogP contribution < -0.4 is 4.74 Å². The van der Waals surface area contributed by atoms with Crippen molar-refractivity contribution in [1.29, 1.82) is 0 Å². The van der Waals surface area contributed by atoms with Crippen molar-refractivity contribution in [1.82, 2.24) is 20.1 Å². The molecule has 0 unspecified atom stereocenters. The highest BCUT2D eigenvalue weighted by Gasteiger charge is 2.29. The number of amides is 1. The Morgan fingerprint density at radius 2 is 2.08 bits per heavy atom. The Labute approximate surface area is 151 Å². The number of ether oxygens (including phenoxy) is 1. The van der Waals surface area contributed by atoms with Gasteiger partial charge in [-0.05, 0) is 37.8 Å². The van der Waals surface area contributed by atoms with E-state index in [1.807, 2.05) is 35.2 Å². The first-order valence-corrected chi connectivity index (χ1v) is 9.38. The zero-order chi connectivity index (χ0) is 17.5. The average molecular weight is 350 g/mol. The molecule has 2 N–H and O–H groups in total. The molecule has 1 amide bonds. The van der Waals surface area contributed by atoms with Gasteiger partial charge >= 0.3 is 0 Å². The number of H-pyrrole nitrogens is 2. The van der Waals surface area contributed by atoms with Gasteiger partial charge in [-0.1, -0.05) is 18.2 Å². The summed E-state index contributed by atoms with van der Waals surface area (Å²) in [6.45, 7) is 1.23. The van der Waals surface area contributed by atoms with Crippen LogP contribution in [0.5, 0.6) is 5.88 Å². The maximum Gasteiger partial charge on any atom is 0.270 e. The van der Waals surface area contributed by atoms with E-state index in [1.54, 1.807) is 0 Å². The molecule has 5 rings (SSSR count). The molecular formula is C20H22N4O2. The summed E-state index contributed by atoms with van der Waals surface area (Å²) in [7, 11) is 0. The number of benzene rings is 1. The van der Waals surface area contributed by atoms with Crippen LogP contribution in [0.3, 0.4) is 0 Å². The molecule has 1 aromatic carbocycles. The Morgan fingerprint density at radius 1 is 1.23 bits per heavy atom. The first kappa shape index (κ1) is 15.5. The lowest BCUT2D eigenvalue weighted by atomic mass is 10.1. The van der Waals surface area contributed by atoms with Crippen LogP contribution in [0.2, 0.25) is 0 Å². The third kappa shape index (κ3) is 2.66. The van der Waals surface area contributed by atoms with E-state index in [0.717, 1.165) is 41.4 Å². The van der Waals surface area contributed by atoms with E-state index < -0.39 is 0 Å². The normalized spacial score (nSPS) is 17.6. The van der Waals surface area contributed by atoms with Crippen LogP contribution in [0, 0.1) is 0 Å². The van der Waals surface area contributed by atoms with Gasteiger partial charge in [0, 0.05) is 29.6 Å². The van der Waals surface area contributed by atoms with Gasteiger partial charge in [-0.25, -0.2) is 0 Å². The molecule has 1 fully saturated rings. The van der Waals surface area contributed by atoms with Gasteiger partial charge in [0.15, 0.2) is 0 Å². The summed E-state index contributed by atoms with van der Waals surface area (Å²) in [4.78, 5) is 18.1. The maximum absolute atomic E-state index is 13.0. The van der Waals surface area contributed by atoms with Crippen LogP contribution >= 0.6 is 0 Å². The molecule has 0 bridgehead atoms. The number of carbonyl (C=O) groups is 1. The second-order valence-electron chi connectivity index (χ2n) is 7.26. The molecule has 0 spiro atoms. The number of carbonyl (C=O) groups excluding carboxylic acids is 1. The fourth-order valence-electron chi connectivity index (χ4n) is 4.06. The summed E-state index contributed by atoms with van der Waals surface area (Å²) in [5.41, 5.74) is 3.75. The number of hydrogen-bond donors (Lipinski definition) is 2. The molecule has 0 saturated heterocycles. The number of fused-ring (bicyclic) bond motifs is 2. The van der Waals surface area contributed by atoms with Crippen LogP contribution in [-0.2, 0) is 13.0 Å². The molecule has 2 aliphatic rings. The Hall–Kier alpha value is -2.76. The number of rotatable bonds is 3. The van der Waals surface area contributed by atoms with Crippen LogP contribution in [0.25, 0.3) is 10.9 Å². The van der Waals surface area contributed by atoms with Crippen molar-refractivity contribution >= 4 is 16.8 Å². The number of aromatic amines is 2. The molecule has 1 saturated carbocycles. The van der Waals surface area contributed by atoms with Crippen LogP contribution in [0.1, 0.15) is 47.4 Å². The Balaban J connectivity index is 1.37. The van der Waals surface area contributed by atoms with E-state index in [4.69, 9.17) is 4.74 Å². The zero-order valence-electron chi connectivity index (χ0n) is 14.6. The SMILES string of the molecule is O=C(c1cc2ccccc2[nH]1)N1CCc2[nH]nc(OC3CCCC3)c2C1. The Kier molecular flexibility index (Phi) is 3.69. The van der Waals surface area contributed by atoms with Gasteiger partial charge in [0.2, 0.25) is 5.88 Å². The summed E-state index contributed by atoms with van der Waals surface area (Å²) < 4.78 is 6.11. The minimum absolute atomic E-state index is 0.0277. The average Bonchev–Trinajstić information content (AvgIpc) is 3.41. The number of para-hydroxylation sites is 1. The van der Waals surface area contributed by atoms with Gasteiger partial charge in [0.25, 0.3) is 5.91 Å². The van der Waals surface area contributed by atoms with Gasteiger partial charge in [-0.15, -0.1) is 5.10 Å². The molecule has 6 nitrogen and oxygen atoms in total. The van der Waals surface area contributed by atoms with E-state index in [1.165, 1.54) is 12.8 Å². The summed E-state index contributed by atoms with van der Waals surface area (Å²) in [5, 5.41) is 8.53. The molecular weight excluding hydrogens is 328 g/mol. The predicted molar refractivity (Wildman–Crippen MR) is 98.2 cm³/mol. The Morgan fingerprint density at radius 3 is 2.92 bits per heavy atom. The fourth-order valence-corrected chi connectivity index (χ4v) is 4.06. The summed E-state index contributed by atoms with van der Waals surface area (Å²) in [5.74, 6) is 0.709.